The van der Waals surface area contributed by atoms with Crippen molar-refractivity contribution >= 4 is 0 Å². The van der Waals surface area contributed by atoms with Gasteiger partial charge >= 0.3 is 0 Å². The lowest BCUT2D eigenvalue weighted by Gasteiger charge is -2.08. The SMILES string of the molecule is CC(C)c1ccn(C[C@H]2CCCO2)n1. The molecule has 0 saturated carbocycles. The largest absolute Gasteiger partial charge is 0.376 e. The summed E-state index contributed by atoms with van der Waals surface area (Å²) in [6, 6.07) is 2.10. The van der Waals surface area contributed by atoms with E-state index in [4.69, 9.17) is 4.74 Å². The third-order valence-corrected chi connectivity index (χ3v) is 2.67. The highest BCUT2D eigenvalue weighted by Crippen LogP contribution is 2.15. The van der Waals surface area contributed by atoms with Gasteiger partial charge in [-0.1, -0.05) is 13.8 Å². The summed E-state index contributed by atoms with van der Waals surface area (Å²) in [6.07, 6.45) is 4.81. The Morgan fingerprint density at radius 2 is 2.50 bits per heavy atom. The molecule has 14 heavy (non-hydrogen) atoms. The monoisotopic (exact) mass is 194 g/mol. The minimum absolute atomic E-state index is 0.384. The van der Waals surface area contributed by atoms with Crippen LogP contribution < -0.4 is 0 Å². The van der Waals surface area contributed by atoms with Gasteiger partial charge in [0, 0.05) is 12.8 Å². The lowest BCUT2D eigenvalue weighted by Crippen LogP contribution is -2.15. The van der Waals surface area contributed by atoms with Gasteiger partial charge < -0.3 is 4.74 Å². The van der Waals surface area contributed by atoms with Gasteiger partial charge in [-0.2, -0.15) is 5.10 Å². The molecule has 2 rings (SSSR count). The van der Waals surface area contributed by atoms with E-state index in [1.165, 1.54) is 18.5 Å². The minimum Gasteiger partial charge on any atom is -0.376 e. The van der Waals surface area contributed by atoms with E-state index in [1.54, 1.807) is 0 Å². The molecule has 2 heterocycles. The molecule has 1 aliphatic rings. The van der Waals surface area contributed by atoms with E-state index in [1.807, 2.05) is 4.68 Å². The van der Waals surface area contributed by atoms with Crippen molar-refractivity contribution in [2.75, 3.05) is 6.61 Å². The molecule has 0 spiro atoms. The second-order valence-corrected chi connectivity index (χ2v) is 4.25. The van der Waals surface area contributed by atoms with Gasteiger partial charge in [0.1, 0.15) is 0 Å². The summed E-state index contributed by atoms with van der Waals surface area (Å²) in [5.41, 5.74) is 1.17. The first kappa shape index (κ1) is 9.71. The van der Waals surface area contributed by atoms with Gasteiger partial charge in [-0.05, 0) is 24.8 Å². The summed E-state index contributed by atoms with van der Waals surface area (Å²) in [5, 5.41) is 4.51. The van der Waals surface area contributed by atoms with E-state index in [2.05, 4.69) is 31.2 Å². The average molecular weight is 194 g/mol. The summed E-state index contributed by atoms with van der Waals surface area (Å²) in [6.45, 7) is 6.16. The van der Waals surface area contributed by atoms with Gasteiger partial charge in [-0.3, -0.25) is 4.68 Å². The lowest BCUT2D eigenvalue weighted by molar-refractivity contribution is 0.0939. The molecule has 0 N–H and O–H groups in total. The molecule has 3 heteroatoms. The first-order chi connectivity index (χ1) is 6.75. The molecular formula is C11H18N2O. The zero-order valence-electron chi connectivity index (χ0n) is 8.94. The molecule has 0 radical (unpaired) electrons. The molecule has 1 fully saturated rings. The van der Waals surface area contributed by atoms with Crippen molar-refractivity contribution in [2.24, 2.45) is 0 Å². The van der Waals surface area contributed by atoms with E-state index in [0.717, 1.165) is 13.2 Å². The number of ether oxygens (including phenoxy) is 1. The standard InChI is InChI=1S/C11H18N2O/c1-9(2)11-5-6-13(12-11)8-10-4-3-7-14-10/h5-6,9-10H,3-4,7-8H2,1-2H3/t10-/m1/s1. The Labute approximate surface area is 85.1 Å². The second-order valence-electron chi connectivity index (χ2n) is 4.25. The Morgan fingerprint density at radius 1 is 1.64 bits per heavy atom. The van der Waals surface area contributed by atoms with Crippen LogP contribution in [0, 0.1) is 0 Å². The van der Waals surface area contributed by atoms with Crippen molar-refractivity contribution in [3.05, 3.63) is 18.0 Å². The second kappa shape index (κ2) is 4.13. The Balaban J connectivity index is 1.95. The molecule has 1 aromatic rings. The molecule has 3 nitrogen and oxygen atoms in total. The molecule has 1 aromatic heterocycles. The van der Waals surface area contributed by atoms with Crippen LogP contribution in [0.3, 0.4) is 0 Å². The maximum atomic E-state index is 5.57. The van der Waals surface area contributed by atoms with Gasteiger partial charge in [0.2, 0.25) is 0 Å². The number of rotatable bonds is 3. The normalized spacial score (nSPS) is 22.1. The summed E-state index contributed by atoms with van der Waals surface area (Å²) in [7, 11) is 0. The predicted octanol–water partition coefficient (Wildman–Crippen LogP) is 2.19. The van der Waals surface area contributed by atoms with Crippen LogP contribution in [0.5, 0.6) is 0 Å². The van der Waals surface area contributed by atoms with Crippen LogP contribution in [0.25, 0.3) is 0 Å². The number of hydrogen-bond acceptors (Lipinski definition) is 2. The molecule has 0 bridgehead atoms. The summed E-state index contributed by atoms with van der Waals surface area (Å²) in [4.78, 5) is 0. The van der Waals surface area contributed by atoms with Gasteiger partial charge in [0.25, 0.3) is 0 Å². The minimum atomic E-state index is 0.384. The predicted molar refractivity (Wildman–Crippen MR) is 55.3 cm³/mol. The molecule has 0 amide bonds. The van der Waals surface area contributed by atoms with Crippen LogP contribution in [0.4, 0.5) is 0 Å². The molecule has 78 valence electrons. The Hall–Kier alpha value is -0.830. The molecule has 1 atom stereocenters. The number of aromatic nitrogens is 2. The molecular weight excluding hydrogens is 176 g/mol. The topological polar surface area (TPSA) is 27.1 Å². The maximum absolute atomic E-state index is 5.57. The number of hydrogen-bond donors (Lipinski definition) is 0. The number of nitrogens with zero attached hydrogens (tertiary/aromatic N) is 2. The van der Waals surface area contributed by atoms with Crippen LogP contribution in [0.15, 0.2) is 12.3 Å². The Bertz CT molecular complexity index is 287. The summed E-state index contributed by atoms with van der Waals surface area (Å²) < 4.78 is 7.57. The van der Waals surface area contributed by atoms with Crippen LogP contribution in [0.1, 0.15) is 38.3 Å². The highest BCUT2D eigenvalue weighted by atomic mass is 16.5. The fourth-order valence-electron chi connectivity index (χ4n) is 1.78. The van der Waals surface area contributed by atoms with Crippen molar-refractivity contribution in [1.82, 2.24) is 9.78 Å². The first-order valence-corrected chi connectivity index (χ1v) is 5.40. The first-order valence-electron chi connectivity index (χ1n) is 5.40. The van der Waals surface area contributed by atoms with Gasteiger partial charge in [-0.15, -0.1) is 0 Å². The van der Waals surface area contributed by atoms with Crippen molar-refractivity contribution < 1.29 is 4.74 Å². The van der Waals surface area contributed by atoms with Gasteiger partial charge in [0.15, 0.2) is 0 Å². The van der Waals surface area contributed by atoms with Crippen LogP contribution in [0.2, 0.25) is 0 Å². The zero-order valence-corrected chi connectivity index (χ0v) is 8.94. The van der Waals surface area contributed by atoms with Gasteiger partial charge in [-0.25, -0.2) is 0 Å². The Morgan fingerprint density at radius 3 is 3.07 bits per heavy atom. The van der Waals surface area contributed by atoms with E-state index >= 15 is 0 Å². The van der Waals surface area contributed by atoms with Crippen LogP contribution in [-0.2, 0) is 11.3 Å². The molecule has 0 aliphatic carbocycles. The highest BCUT2D eigenvalue weighted by Gasteiger charge is 2.16. The van der Waals surface area contributed by atoms with Crippen LogP contribution >= 0.6 is 0 Å². The molecule has 1 aliphatic heterocycles. The highest BCUT2D eigenvalue weighted by molar-refractivity contribution is 5.03. The van der Waals surface area contributed by atoms with Crippen molar-refractivity contribution in [1.29, 1.82) is 0 Å². The lowest BCUT2D eigenvalue weighted by atomic mass is 10.1. The molecule has 0 unspecified atom stereocenters. The molecule has 1 saturated heterocycles. The summed E-state index contributed by atoms with van der Waals surface area (Å²) in [5.74, 6) is 0.515. The van der Waals surface area contributed by atoms with Crippen molar-refractivity contribution in [3.63, 3.8) is 0 Å². The zero-order chi connectivity index (χ0) is 9.97. The fourth-order valence-corrected chi connectivity index (χ4v) is 1.78. The van der Waals surface area contributed by atoms with Crippen molar-refractivity contribution in [3.8, 4) is 0 Å². The third kappa shape index (κ3) is 2.15. The van der Waals surface area contributed by atoms with E-state index < -0.39 is 0 Å². The van der Waals surface area contributed by atoms with Crippen molar-refractivity contribution in [2.45, 2.75) is 45.3 Å². The third-order valence-electron chi connectivity index (χ3n) is 2.67. The van der Waals surface area contributed by atoms with E-state index in [9.17, 15) is 0 Å². The quantitative estimate of drug-likeness (QED) is 0.737. The Kier molecular flexibility index (Phi) is 2.87. The van der Waals surface area contributed by atoms with E-state index in [0.29, 0.717) is 12.0 Å². The van der Waals surface area contributed by atoms with Crippen LogP contribution in [-0.4, -0.2) is 22.5 Å². The fraction of sp³-hybridized carbons (Fsp3) is 0.727. The maximum Gasteiger partial charge on any atom is 0.0771 e. The molecule has 0 aromatic carbocycles. The van der Waals surface area contributed by atoms with Gasteiger partial charge in [0.05, 0.1) is 18.3 Å². The smallest absolute Gasteiger partial charge is 0.0771 e. The van der Waals surface area contributed by atoms with E-state index in [-0.39, 0.29) is 0 Å². The average Bonchev–Trinajstić information content (AvgIpc) is 2.75. The summed E-state index contributed by atoms with van der Waals surface area (Å²) >= 11 is 0.